The van der Waals surface area contributed by atoms with Gasteiger partial charge in [-0.2, -0.15) is 4.98 Å². The Morgan fingerprint density at radius 3 is 2.90 bits per heavy atom. The summed E-state index contributed by atoms with van der Waals surface area (Å²) in [5, 5.41) is 17.6. The zero-order valence-corrected chi connectivity index (χ0v) is 11.1. The lowest BCUT2D eigenvalue weighted by molar-refractivity contribution is -0.385. The van der Waals surface area contributed by atoms with Crippen LogP contribution in [0.2, 0.25) is 0 Å². The van der Waals surface area contributed by atoms with E-state index < -0.39 is 4.92 Å². The molecule has 20 heavy (non-hydrogen) atoms. The van der Waals surface area contributed by atoms with Gasteiger partial charge in [0.1, 0.15) is 0 Å². The summed E-state index contributed by atoms with van der Waals surface area (Å²) in [5.41, 5.74) is 0.612. The molecule has 0 saturated heterocycles. The molecule has 8 heteroatoms. The van der Waals surface area contributed by atoms with Gasteiger partial charge in [-0.3, -0.25) is 10.1 Å². The van der Waals surface area contributed by atoms with E-state index in [1.54, 1.807) is 26.0 Å². The first kappa shape index (κ1) is 13.8. The van der Waals surface area contributed by atoms with Crippen molar-refractivity contribution in [1.29, 1.82) is 0 Å². The minimum absolute atomic E-state index is 0.0639. The van der Waals surface area contributed by atoms with Crippen LogP contribution in [0.3, 0.4) is 0 Å². The normalized spacial score (nSPS) is 10.3. The number of nitrogens with zero attached hydrogens (tertiary/aromatic N) is 3. The van der Waals surface area contributed by atoms with E-state index in [0.717, 1.165) is 0 Å². The van der Waals surface area contributed by atoms with E-state index in [0.29, 0.717) is 30.6 Å². The van der Waals surface area contributed by atoms with Gasteiger partial charge in [-0.1, -0.05) is 5.16 Å². The predicted molar refractivity (Wildman–Crippen MR) is 70.6 cm³/mol. The van der Waals surface area contributed by atoms with Gasteiger partial charge in [0.2, 0.25) is 5.89 Å². The van der Waals surface area contributed by atoms with Crippen molar-refractivity contribution in [3.8, 4) is 5.75 Å². The topological polar surface area (TPSA) is 103 Å². The quantitative estimate of drug-likeness (QED) is 0.638. The molecule has 1 aromatic heterocycles. The molecule has 2 rings (SSSR count). The number of nitro groups is 1. The van der Waals surface area contributed by atoms with Crippen molar-refractivity contribution in [2.24, 2.45) is 0 Å². The first-order valence-corrected chi connectivity index (χ1v) is 6.04. The highest BCUT2D eigenvalue weighted by Gasteiger charge is 2.15. The number of nitro benzene ring substituents is 1. The minimum atomic E-state index is -0.476. The van der Waals surface area contributed by atoms with Gasteiger partial charge < -0.3 is 14.6 Å². The predicted octanol–water partition coefficient (Wildman–Crippen LogP) is 2.30. The Hall–Kier alpha value is -2.64. The molecule has 1 N–H and O–H groups in total. The van der Waals surface area contributed by atoms with Gasteiger partial charge in [-0.05, 0) is 19.9 Å². The fraction of sp³-hybridized carbons (Fsp3) is 0.333. The summed E-state index contributed by atoms with van der Waals surface area (Å²) < 4.78 is 10.2. The molecule has 0 saturated carbocycles. The molecule has 2 aromatic rings. The van der Waals surface area contributed by atoms with Gasteiger partial charge in [0.05, 0.1) is 18.1 Å². The largest absolute Gasteiger partial charge is 0.487 e. The van der Waals surface area contributed by atoms with Crippen LogP contribution in [0.1, 0.15) is 18.6 Å². The number of aromatic nitrogens is 2. The van der Waals surface area contributed by atoms with Crippen LogP contribution in [0.15, 0.2) is 22.7 Å². The second kappa shape index (κ2) is 6.00. The maximum atomic E-state index is 10.9. The number of anilines is 1. The van der Waals surface area contributed by atoms with Crippen molar-refractivity contribution in [1.82, 2.24) is 10.1 Å². The SMILES string of the molecule is CCOc1cc(NCc2nc(C)no2)ccc1[N+](=O)[O-]. The Morgan fingerprint density at radius 2 is 2.30 bits per heavy atom. The Labute approximate surface area is 114 Å². The molecule has 1 aromatic carbocycles. The molecule has 0 spiro atoms. The fourth-order valence-electron chi connectivity index (χ4n) is 1.64. The lowest BCUT2D eigenvalue weighted by atomic mass is 10.2. The van der Waals surface area contributed by atoms with Crippen LogP contribution in [0, 0.1) is 17.0 Å². The van der Waals surface area contributed by atoms with E-state index >= 15 is 0 Å². The smallest absolute Gasteiger partial charge is 0.311 e. The van der Waals surface area contributed by atoms with Crippen LogP contribution in [0.4, 0.5) is 11.4 Å². The number of nitrogens with one attached hydrogen (secondary N) is 1. The van der Waals surface area contributed by atoms with E-state index in [1.807, 2.05) is 0 Å². The van der Waals surface area contributed by atoms with Gasteiger partial charge in [-0.25, -0.2) is 0 Å². The molecule has 0 radical (unpaired) electrons. The summed E-state index contributed by atoms with van der Waals surface area (Å²) in [5.74, 6) is 1.23. The summed E-state index contributed by atoms with van der Waals surface area (Å²) in [6.07, 6.45) is 0. The molecule has 0 fully saturated rings. The summed E-state index contributed by atoms with van der Waals surface area (Å²) in [4.78, 5) is 14.4. The van der Waals surface area contributed by atoms with Gasteiger partial charge in [0.15, 0.2) is 11.6 Å². The maximum Gasteiger partial charge on any atom is 0.311 e. The highest BCUT2D eigenvalue weighted by Crippen LogP contribution is 2.30. The Balaban J connectivity index is 2.12. The number of rotatable bonds is 6. The average molecular weight is 278 g/mol. The first-order valence-electron chi connectivity index (χ1n) is 6.04. The average Bonchev–Trinajstić information content (AvgIpc) is 2.82. The minimum Gasteiger partial charge on any atom is -0.487 e. The number of hydrogen-bond acceptors (Lipinski definition) is 7. The van der Waals surface area contributed by atoms with Gasteiger partial charge >= 0.3 is 5.69 Å². The molecule has 0 aliphatic rings. The van der Waals surface area contributed by atoms with Crippen LogP contribution < -0.4 is 10.1 Å². The third kappa shape index (κ3) is 3.22. The highest BCUT2D eigenvalue weighted by atomic mass is 16.6. The number of aryl methyl sites for hydroxylation is 1. The molecular formula is C12H14N4O4. The van der Waals surface area contributed by atoms with E-state index in [-0.39, 0.29) is 11.4 Å². The third-order valence-corrected chi connectivity index (χ3v) is 2.47. The highest BCUT2D eigenvalue weighted by molar-refractivity contribution is 5.57. The summed E-state index contributed by atoms with van der Waals surface area (Å²) in [7, 11) is 0. The molecule has 0 unspecified atom stereocenters. The van der Waals surface area contributed by atoms with Crippen molar-refractivity contribution in [2.45, 2.75) is 20.4 Å². The number of benzene rings is 1. The van der Waals surface area contributed by atoms with E-state index in [4.69, 9.17) is 9.26 Å². The van der Waals surface area contributed by atoms with E-state index in [9.17, 15) is 10.1 Å². The lowest BCUT2D eigenvalue weighted by Crippen LogP contribution is -2.02. The molecule has 0 bridgehead atoms. The van der Waals surface area contributed by atoms with Crippen LogP contribution in [0.5, 0.6) is 5.75 Å². The van der Waals surface area contributed by atoms with Crippen molar-refractivity contribution < 1.29 is 14.2 Å². The number of hydrogen-bond donors (Lipinski definition) is 1. The van der Waals surface area contributed by atoms with Crippen LogP contribution >= 0.6 is 0 Å². The molecule has 0 amide bonds. The number of ether oxygens (including phenoxy) is 1. The van der Waals surface area contributed by atoms with Crippen molar-refractivity contribution in [3.05, 3.63) is 40.0 Å². The van der Waals surface area contributed by atoms with Gasteiger partial charge in [-0.15, -0.1) is 0 Å². The van der Waals surface area contributed by atoms with E-state index in [2.05, 4.69) is 15.5 Å². The standard InChI is InChI=1S/C12H14N4O4/c1-3-19-11-6-9(4-5-10(11)16(17)18)13-7-12-14-8(2)15-20-12/h4-6,13H,3,7H2,1-2H3. The molecule has 0 aliphatic heterocycles. The fourth-order valence-corrected chi connectivity index (χ4v) is 1.64. The summed E-state index contributed by atoms with van der Waals surface area (Å²) in [6, 6.07) is 4.57. The summed E-state index contributed by atoms with van der Waals surface area (Å²) in [6.45, 7) is 4.19. The molecule has 0 aliphatic carbocycles. The second-order valence-corrected chi connectivity index (χ2v) is 3.96. The molecule has 0 atom stereocenters. The van der Waals surface area contributed by atoms with Crippen molar-refractivity contribution >= 4 is 11.4 Å². The molecule has 1 heterocycles. The van der Waals surface area contributed by atoms with Crippen LogP contribution in [-0.4, -0.2) is 21.7 Å². The third-order valence-electron chi connectivity index (χ3n) is 2.47. The van der Waals surface area contributed by atoms with Crippen LogP contribution in [-0.2, 0) is 6.54 Å². The Kier molecular flexibility index (Phi) is 4.14. The molecule has 106 valence electrons. The Morgan fingerprint density at radius 1 is 1.50 bits per heavy atom. The van der Waals surface area contributed by atoms with Crippen molar-refractivity contribution in [2.75, 3.05) is 11.9 Å². The lowest BCUT2D eigenvalue weighted by Gasteiger charge is -2.08. The van der Waals surface area contributed by atoms with E-state index in [1.165, 1.54) is 6.07 Å². The Bertz CT molecular complexity index is 611. The second-order valence-electron chi connectivity index (χ2n) is 3.96. The van der Waals surface area contributed by atoms with Gasteiger partial charge in [0, 0.05) is 17.8 Å². The van der Waals surface area contributed by atoms with Crippen molar-refractivity contribution in [3.63, 3.8) is 0 Å². The first-order chi connectivity index (χ1) is 9.60. The molecular weight excluding hydrogens is 264 g/mol. The monoisotopic (exact) mass is 278 g/mol. The molecule has 8 nitrogen and oxygen atoms in total. The van der Waals surface area contributed by atoms with Crippen LogP contribution in [0.25, 0.3) is 0 Å². The summed E-state index contributed by atoms with van der Waals surface area (Å²) >= 11 is 0. The zero-order valence-electron chi connectivity index (χ0n) is 11.1. The maximum absolute atomic E-state index is 10.9. The zero-order chi connectivity index (χ0) is 14.5. The van der Waals surface area contributed by atoms with Gasteiger partial charge in [0.25, 0.3) is 0 Å².